The highest BCUT2D eigenvalue weighted by Gasteiger charge is 2.35. The molecule has 0 aromatic heterocycles. The first-order valence-electron chi connectivity index (χ1n) is 9.21. The molecule has 0 aliphatic carbocycles. The number of hydrogen-bond donors (Lipinski definition) is 11. The lowest BCUT2D eigenvalue weighted by Gasteiger charge is -2.20. The molecule has 0 heterocycles. The number of phenols is 8. The summed E-state index contributed by atoms with van der Waals surface area (Å²) in [5.41, 5.74) is -5.54. The molecule has 0 aliphatic rings. The van der Waals surface area contributed by atoms with E-state index in [9.17, 15) is 65.4 Å². The zero-order chi connectivity index (χ0) is 27.2. The fourth-order valence-electron chi connectivity index (χ4n) is 3.21. The fourth-order valence-corrected chi connectivity index (χ4v) is 3.21. The number of aromatic carboxylic acids is 3. The second-order valence-corrected chi connectivity index (χ2v) is 7.00. The van der Waals surface area contributed by atoms with Gasteiger partial charge in [0.25, 0.3) is 0 Å². The molecule has 3 aromatic rings. The van der Waals surface area contributed by atoms with Crippen LogP contribution in [0.15, 0.2) is 18.2 Å². The average Bonchev–Trinajstić information content (AvgIpc) is 2.80. The zero-order valence-corrected chi connectivity index (χ0v) is 17.3. The molecule has 0 spiro atoms. The first-order chi connectivity index (χ1) is 16.7. The number of ether oxygens (including phenoxy) is 1. The largest absolute Gasteiger partial charge is 0.504 e. The summed E-state index contributed by atoms with van der Waals surface area (Å²) in [6.07, 6.45) is 0. The molecule has 0 bridgehead atoms. The lowest BCUT2D eigenvalue weighted by Crippen LogP contribution is -2.08. The standard InChI is InChI=1S/C21H14O15/c22-6-1-4(19(30)31)2-8(12(6)24)36-18-11(21(34)35)10(15(27)16(28)17(18)29)9-5(20(32)33)3-7(23)13(25)14(9)26/h1-3,22-29H,(H,30,31)(H,32,33)(H,34,35). The van der Waals surface area contributed by atoms with E-state index in [1.807, 2.05) is 0 Å². The predicted octanol–water partition coefficient (Wildman–Crippen LogP) is 1.89. The molecule has 11 N–H and O–H groups in total. The molecule has 15 heteroatoms. The topological polar surface area (TPSA) is 283 Å². The molecule has 188 valence electrons. The molecular formula is C21H14O15. The van der Waals surface area contributed by atoms with Gasteiger partial charge < -0.3 is 60.9 Å². The SMILES string of the molecule is O=C(O)c1cc(O)c(O)c(Oc2c(O)c(O)c(O)c(-c3c(C(=O)O)cc(O)c(O)c3O)c2C(=O)O)c1. The van der Waals surface area contributed by atoms with Crippen molar-refractivity contribution in [2.75, 3.05) is 0 Å². The van der Waals surface area contributed by atoms with Crippen molar-refractivity contribution in [3.05, 3.63) is 34.9 Å². The minimum Gasteiger partial charge on any atom is -0.504 e. The van der Waals surface area contributed by atoms with Crippen molar-refractivity contribution in [3.8, 4) is 68.6 Å². The highest BCUT2D eigenvalue weighted by Crippen LogP contribution is 2.57. The van der Waals surface area contributed by atoms with Crippen LogP contribution < -0.4 is 4.74 Å². The maximum Gasteiger partial charge on any atom is 0.340 e. The van der Waals surface area contributed by atoms with Gasteiger partial charge in [-0.1, -0.05) is 0 Å². The molecular weight excluding hydrogens is 492 g/mol. The monoisotopic (exact) mass is 506 g/mol. The van der Waals surface area contributed by atoms with Gasteiger partial charge in [-0.3, -0.25) is 0 Å². The number of hydrogen-bond acceptors (Lipinski definition) is 12. The zero-order valence-electron chi connectivity index (χ0n) is 17.3. The molecule has 15 nitrogen and oxygen atoms in total. The van der Waals surface area contributed by atoms with E-state index in [1.54, 1.807) is 0 Å². The first kappa shape index (κ1) is 24.9. The Labute approximate surface area is 197 Å². The van der Waals surface area contributed by atoms with Crippen LogP contribution in [0, 0.1) is 0 Å². The molecule has 3 aromatic carbocycles. The molecule has 0 fully saturated rings. The summed E-state index contributed by atoms with van der Waals surface area (Å²) in [6.45, 7) is 0. The molecule has 0 unspecified atom stereocenters. The van der Waals surface area contributed by atoms with Gasteiger partial charge in [-0.25, -0.2) is 14.4 Å². The number of benzene rings is 3. The van der Waals surface area contributed by atoms with Gasteiger partial charge in [0.15, 0.2) is 34.5 Å². The smallest absolute Gasteiger partial charge is 0.340 e. The van der Waals surface area contributed by atoms with Gasteiger partial charge in [0.1, 0.15) is 5.56 Å². The Kier molecular flexibility index (Phi) is 5.92. The third kappa shape index (κ3) is 3.81. The van der Waals surface area contributed by atoms with Crippen molar-refractivity contribution in [1.29, 1.82) is 0 Å². The summed E-state index contributed by atoms with van der Waals surface area (Å²) in [5.74, 6) is -18.7. The molecule has 0 radical (unpaired) electrons. The van der Waals surface area contributed by atoms with Crippen LogP contribution in [-0.2, 0) is 0 Å². The van der Waals surface area contributed by atoms with E-state index in [0.717, 1.165) is 0 Å². The van der Waals surface area contributed by atoms with Gasteiger partial charge in [-0.15, -0.1) is 0 Å². The Morgan fingerprint density at radius 1 is 0.556 bits per heavy atom. The lowest BCUT2D eigenvalue weighted by atomic mass is 9.91. The Morgan fingerprint density at radius 3 is 1.64 bits per heavy atom. The summed E-state index contributed by atoms with van der Waals surface area (Å²) in [4.78, 5) is 35.1. The number of carbonyl (C=O) groups is 3. The van der Waals surface area contributed by atoms with Gasteiger partial charge in [-0.05, 0) is 18.2 Å². The number of rotatable bonds is 6. The third-order valence-electron chi connectivity index (χ3n) is 4.84. The summed E-state index contributed by atoms with van der Waals surface area (Å²) in [6, 6.07) is 1.56. The van der Waals surface area contributed by atoms with Gasteiger partial charge in [0.2, 0.25) is 23.0 Å². The Balaban J connectivity index is 2.49. The number of carboxylic acids is 3. The van der Waals surface area contributed by atoms with Crippen LogP contribution in [0.25, 0.3) is 11.1 Å². The highest BCUT2D eigenvalue weighted by atomic mass is 16.5. The van der Waals surface area contributed by atoms with Crippen LogP contribution in [0.1, 0.15) is 31.1 Å². The van der Waals surface area contributed by atoms with E-state index in [2.05, 4.69) is 0 Å². The average molecular weight is 506 g/mol. The molecule has 0 saturated heterocycles. The van der Waals surface area contributed by atoms with Gasteiger partial charge in [-0.2, -0.15) is 0 Å². The Morgan fingerprint density at radius 2 is 1.11 bits per heavy atom. The van der Waals surface area contributed by atoms with Crippen LogP contribution in [-0.4, -0.2) is 74.1 Å². The van der Waals surface area contributed by atoms with E-state index >= 15 is 0 Å². The van der Waals surface area contributed by atoms with Crippen LogP contribution in [0.4, 0.5) is 0 Å². The van der Waals surface area contributed by atoms with Crippen LogP contribution in [0.3, 0.4) is 0 Å². The third-order valence-corrected chi connectivity index (χ3v) is 4.84. The van der Waals surface area contributed by atoms with Crippen LogP contribution >= 0.6 is 0 Å². The van der Waals surface area contributed by atoms with E-state index in [-0.39, 0.29) is 0 Å². The number of carboxylic acid groups (broad SMARTS) is 3. The Bertz CT molecular complexity index is 1470. The van der Waals surface area contributed by atoms with Crippen molar-refractivity contribution >= 4 is 17.9 Å². The van der Waals surface area contributed by atoms with E-state index in [4.69, 9.17) is 9.84 Å². The van der Waals surface area contributed by atoms with Crippen molar-refractivity contribution in [2.24, 2.45) is 0 Å². The van der Waals surface area contributed by atoms with Crippen LogP contribution in [0.2, 0.25) is 0 Å². The normalized spacial score (nSPS) is 10.7. The van der Waals surface area contributed by atoms with Crippen molar-refractivity contribution in [2.45, 2.75) is 0 Å². The second kappa shape index (κ2) is 8.56. The van der Waals surface area contributed by atoms with Crippen LogP contribution in [0.5, 0.6) is 57.5 Å². The maximum atomic E-state index is 12.2. The van der Waals surface area contributed by atoms with Gasteiger partial charge in [0, 0.05) is 5.56 Å². The minimum atomic E-state index is -2.10. The van der Waals surface area contributed by atoms with Gasteiger partial charge >= 0.3 is 17.9 Å². The quantitative estimate of drug-likeness (QED) is 0.213. The summed E-state index contributed by atoms with van der Waals surface area (Å²) in [5, 5.41) is 109. The first-order valence-corrected chi connectivity index (χ1v) is 9.21. The second-order valence-electron chi connectivity index (χ2n) is 7.00. The number of phenolic OH excluding ortho intramolecular Hbond substituents is 8. The summed E-state index contributed by atoms with van der Waals surface area (Å²) in [7, 11) is 0. The van der Waals surface area contributed by atoms with Gasteiger partial charge in [0.05, 0.1) is 16.7 Å². The summed E-state index contributed by atoms with van der Waals surface area (Å²) >= 11 is 0. The molecule has 3 rings (SSSR count). The molecule has 0 saturated carbocycles. The van der Waals surface area contributed by atoms with Crippen molar-refractivity contribution < 1.29 is 75.3 Å². The molecule has 0 aliphatic heterocycles. The fraction of sp³-hybridized carbons (Fsp3) is 0. The molecule has 36 heavy (non-hydrogen) atoms. The lowest BCUT2D eigenvalue weighted by molar-refractivity contribution is 0.0680. The van der Waals surface area contributed by atoms with E-state index in [1.165, 1.54) is 0 Å². The minimum absolute atomic E-state index is 0.377. The maximum absolute atomic E-state index is 12.2. The number of aromatic hydroxyl groups is 8. The van der Waals surface area contributed by atoms with E-state index in [0.29, 0.717) is 18.2 Å². The Hall–Kier alpha value is -5.73. The van der Waals surface area contributed by atoms with E-state index < -0.39 is 103 Å². The van der Waals surface area contributed by atoms with Crippen molar-refractivity contribution in [1.82, 2.24) is 0 Å². The molecule has 0 amide bonds. The molecule has 0 atom stereocenters. The van der Waals surface area contributed by atoms with Crippen molar-refractivity contribution in [3.63, 3.8) is 0 Å². The predicted molar refractivity (Wildman–Crippen MR) is 113 cm³/mol. The summed E-state index contributed by atoms with van der Waals surface area (Å²) < 4.78 is 5.08. The highest BCUT2D eigenvalue weighted by molar-refractivity contribution is 6.09.